The first-order valence-electron chi connectivity index (χ1n) is 10.2. The summed E-state index contributed by atoms with van der Waals surface area (Å²) in [5.74, 6) is 2.37. The van der Waals surface area contributed by atoms with E-state index in [4.69, 9.17) is 4.98 Å². The van der Waals surface area contributed by atoms with E-state index in [1.807, 2.05) is 49.3 Å². The molecule has 0 aliphatic carbocycles. The summed E-state index contributed by atoms with van der Waals surface area (Å²) in [4.78, 5) is 30.4. The van der Waals surface area contributed by atoms with Crippen molar-refractivity contribution >= 4 is 23.6 Å². The molecule has 2 N–H and O–H groups in total. The van der Waals surface area contributed by atoms with Gasteiger partial charge in [0.15, 0.2) is 0 Å². The number of aromatic nitrogens is 3. The Kier molecular flexibility index (Phi) is 6.85. The maximum atomic E-state index is 12.3. The van der Waals surface area contributed by atoms with Crippen molar-refractivity contribution in [2.45, 2.75) is 45.1 Å². The number of amides is 2. The van der Waals surface area contributed by atoms with Crippen LogP contribution in [0.3, 0.4) is 0 Å². The van der Waals surface area contributed by atoms with Crippen molar-refractivity contribution in [1.82, 2.24) is 20.3 Å². The highest BCUT2D eigenvalue weighted by Gasteiger charge is 2.26. The zero-order valence-corrected chi connectivity index (χ0v) is 17.7. The molecule has 1 aliphatic rings. The molecule has 1 saturated heterocycles. The molecule has 0 spiro atoms. The predicted octanol–water partition coefficient (Wildman–Crippen LogP) is 3.24. The Morgan fingerprint density at radius 3 is 2.62 bits per heavy atom. The maximum Gasteiger partial charge on any atom is 0.319 e. The molecule has 8 heteroatoms. The number of urea groups is 1. The Labute approximate surface area is 172 Å². The average Bonchev–Trinajstić information content (AvgIpc) is 2.72. The molecule has 1 aromatic heterocycles. The molecule has 8 nitrogen and oxygen atoms in total. The lowest BCUT2D eigenvalue weighted by atomic mass is 10.0. The fourth-order valence-corrected chi connectivity index (χ4v) is 3.34. The summed E-state index contributed by atoms with van der Waals surface area (Å²) in [6.45, 7) is 5.59. The standard InChI is InChI=1S/C21H31N7O/c1-15(2)18-24-19(27(3)4)26-20(25-18)28-13-9-8-12-17(28)14-22-21(29)23-16-10-6-5-7-11-16/h5-7,10-11,15,17H,8-9,12-14H2,1-4H3,(H2,22,23,29). The molecule has 1 aromatic carbocycles. The minimum atomic E-state index is -0.200. The second-order valence-corrected chi connectivity index (χ2v) is 7.89. The van der Waals surface area contributed by atoms with Gasteiger partial charge in [0, 0.05) is 44.8 Å². The van der Waals surface area contributed by atoms with E-state index in [9.17, 15) is 4.79 Å². The van der Waals surface area contributed by atoms with Crippen LogP contribution in [0.25, 0.3) is 0 Å². The Hall–Kier alpha value is -2.90. The van der Waals surface area contributed by atoms with Crippen molar-refractivity contribution in [2.75, 3.05) is 42.3 Å². The number of nitrogens with one attached hydrogen (secondary N) is 2. The summed E-state index contributed by atoms with van der Waals surface area (Å²) in [7, 11) is 3.87. The molecule has 1 fully saturated rings. The lowest BCUT2D eigenvalue weighted by Crippen LogP contribution is -2.48. The third-order valence-electron chi connectivity index (χ3n) is 4.96. The van der Waals surface area contributed by atoms with Gasteiger partial charge in [0.1, 0.15) is 5.82 Å². The summed E-state index contributed by atoms with van der Waals surface area (Å²) in [6, 6.07) is 9.41. The Morgan fingerprint density at radius 1 is 1.17 bits per heavy atom. The monoisotopic (exact) mass is 397 g/mol. The van der Waals surface area contributed by atoms with Gasteiger partial charge in [-0.05, 0) is 31.4 Å². The van der Waals surface area contributed by atoms with Crippen molar-refractivity contribution in [2.24, 2.45) is 0 Å². The van der Waals surface area contributed by atoms with Crippen molar-refractivity contribution in [3.05, 3.63) is 36.2 Å². The fraction of sp³-hybridized carbons (Fsp3) is 0.524. The summed E-state index contributed by atoms with van der Waals surface area (Å²) >= 11 is 0. The van der Waals surface area contributed by atoms with Gasteiger partial charge in [0.25, 0.3) is 0 Å². The van der Waals surface area contributed by atoms with Crippen LogP contribution in [0.15, 0.2) is 30.3 Å². The smallest absolute Gasteiger partial charge is 0.319 e. The van der Waals surface area contributed by atoms with Crippen LogP contribution in [0.1, 0.15) is 44.9 Å². The van der Waals surface area contributed by atoms with Gasteiger partial charge in [-0.15, -0.1) is 0 Å². The van der Waals surface area contributed by atoms with Crippen molar-refractivity contribution in [1.29, 1.82) is 0 Å². The number of hydrogen-bond acceptors (Lipinski definition) is 6. The van der Waals surface area contributed by atoms with Crippen molar-refractivity contribution in [3.8, 4) is 0 Å². The Bertz CT molecular complexity index is 784. The van der Waals surface area contributed by atoms with Crippen LogP contribution in [0.2, 0.25) is 0 Å². The quantitative estimate of drug-likeness (QED) is 0.778. The first-order chi connectivity index (χ1) is 13.9. The molecule has 3 rings (SSSR count). The minimum Gasteiger partial charge on any atom is -0.347 e. The van der Waals surface area contributed by atoms with Gasteiger partial charge in [-0.3, -0.25) is 0 Å². The molecule has 156 valence electrons. The molecule has 0 saturated carbocycles. The third-order valence-corrected chi connectivity index (χ3v) is 4.96. The van der Waals surface area contributed by atoms with E-state index in [-0.39, 0.29) is 18.0 Å². The largest absolute Gasteiger partial charge is 0.347 e. The zero-order chi connectivity index (χ0) is 20.8. The van der Waals surface area contributed by atoms with Crippen LogP contribution < -0.4 is 20.4 Å². The van der Waals surface area contributed by atoms with Gasteiger partial charge in [0.05, 0.1) is 0 Å². The molecule has 29 heavy (non-hydrogen) atoms. The number of carbonyl (C=O) groups excluding carboxylic acids is 1. The molecule has 1 aliphatic heterocycles. The summed E-state index contributed by atoms with van der Waals surface area (Å²) in [5.41, 5.74) is 0.778. The fourth-order valence-electron chi connectivity index (χ4n) is 3.34. The highest BCUT2D eigenvalue weighted by atomic mass is 16.2. The second-order valence-electron chi connectivity index (χ2n) is 7.89. The minimum absolute atomic E-state index is 0.155. The van der Waals surface area contributed by atoms with Gasteiger partial charge in [-0.25, -0.2) is 4.79 Å². The number of piperidine rings is 1. The van der Waals surface area contributed by atoms with Crippen LogP contribution in [-0.4, -0.2) is 54.2 Å². The normalized spacial score (nSPS) is 16.6. The Morgan fingerprint density at radius 2 is 1.93 bits per heavy atom. The van der Waals surface area contributed by atoms with Gasteiger partial charge in [-0.1, -0.05) is 32.0 Å². The van der Waals surface area contributed by atoms with E-state index < -0.39 is 0 Å². The van der Waals surface area contributed by atoms with E-state index in [0.29, 0.717) is 18.4 Å². The zero-order valence-electron chi connectivity index (χ0n) is 17.7. The van der Waals surface area contributed by atoms with Crippen LogP contribution in [0.4, 0.5) is 22.4 Å². The van der Waals surface area contributed by atoms with E-state index >= 15 is 0 Å². The SMILES string of the molecule is CC(C)c1nc(N(C)C)nc(N2CCCCC2CNC(=O)Nc2ccccc2)n1. The van der Waals surface area contributed by atoms with Gasteiger partial charge in [0.2, 0.25) is 11.9 Å². The number of nitrogens with zero attached hydrogens (tertiary/aromatic N) is 5. The summed E-state index contributed by atoms with van der Waals surface area (Å²) < 4.78 is 0. The highest BCUT2D eigenvalue weighted by Crippen LogP contribution is 2.24. The van der Waals surface area contributed by atoms with E-state index in [2.05, 4.69) is 39.3 Å². The molecule has 0 bridgehead atoms. The van der Waals surface area contributed by atoms with Crippen LogP contribution in [-0.2, 0) is 0 Å². The molecular formula is C21H31N7O. The molecule has 2 aromatic rings. The Balaban J connectivity index is 1.71. The maximum absolute atomic E-state index is 12.3. The lowest BCUT2D eigenvalue weighted by molar-refractivity contribution is 0.250. The second kappa shape index (κ2) is 9.54. The topological polar surface area (TPSA) is 86.3 Å². The molecule has 1 atom stereocenters. The number of para-hydroxylation sites is 1. The number of benzene rings is 1. The molecule has 2 heterocycles. The molecule has 1 unspecified atom stereocenters. The molecule has 0 radical (unpaired) electrons. The van der Waals surface area contributed by atoms with Gasteiger partial charge >= 0.3 is 6.03 Å². The predicted molar refractivity (Wildman–Crippen MR) is 117 cm³/mol. The number of hydrogen-bond donors (Lipinski definition) is 2. The molecule has 2 amide bonds. The van der Waals surface area contributed by atoms with Crippen molar-refractivity contribution < 1.29 is 4.79 Å². The summed E-state index contributed by atoms with van der Waals surface area (Å²) in [5, 5.41) is 5.87. The average molecular weight is 398 g/mol. The molecular weight excluding hydrogens is 366 g/mol. The van der Waals surface area contributed by atoms with Crippen LogP contribution in [0.5, 0.6) is 0 Å². The summed E-state index contributed by atoms with van der Waals surface area (Å²) in [6.07, 6.45) is 3.21. The third kappa shape index (κ3) is 5.56. The van der Waals surface area contributed by atoms with E-state index in [1.165, 1.54) is 0 Å². The lowest BCUT2D eigenvalue weighted by Gasteiger charge is -2.36. The first-order valence-corrected chi connectivity index (χ1v) is 10.2. The highest BCUT2D eigenvalue weighted by molar-refractivity contribution is 5.89. The number of carbonyl (C=O) groups is 1. The van der Waals surface area contributed by atoms with Gasteiger partial charge < -0.3 is 20.4 Å². The van der Waals surface area contributed by atoms with Crippen molar-refractivity contribution in [3.63, 3.8) is 0 Å². The van der Waals surface area contributed by atoms with Gasteiger partial charge in [-0.2, -0.15) is 15.0 Å². The first kappa shape index (κ1) is 20.8. The number of rotatable bonds is 6. The van der Waals surface area contributed by atoms with Crippen LogP contribution >= 0.6 is 0 Å². The van der Waals surface area contributed by atoms with Crippen LogP contribution in [0, 0.1) is 0 Å². The van der Waals surface area contributed by atoms with E-state index in [0.717, 1.165) is 37.3 Å². The number of anilines is 3. The van der Waals surface area contributed by atoms with E-state index in [1.54, 1.807) is 0 Å².